The molecule has 7 heteroatoms. The van der Waals surface area contributed by atoms with Gasteiger partial charge in [0.15, 0.2) is 11.5 Å². The minimum Gasteiger partial charge on any atom is -0.493 e. The molecule has 3 rings (SSSR count). The van der Waals surface area contributed by atoms with Crippen LogP contribution in [0.3, 0.4) is 0 Å². The smallest absolute Gasteiger partial charge is 0.203 e. The highest BCUT2D eigenvalue weighted by molar-refractivity contribution is 6.31. The average molecular weight is 413 g/mol. The quantitative estimate of drug-likeness (QED) is 0.745. The fourth-order valence-corrected chi connectivity index (χ4v) is 3.36. The van der Waals surface area contributed by atoms with Gasteiger partial charge in [-0.3, -0.25) is 0 Å². The number of benzene rings is 2. The van der Waals surface area contributed by atoms with Crippen LogP contribution in [0.5, 0.6) is 17.2 Å². The minimum atomic E-state index is 0. The molecule has 5 nitrogen and oxygen atoms in total. The first-order valence-corrected chi connectivity index (χ1v) is 9.06. The Bertz CT molecular complexity index is 739. The molecule has 1 N–H and O–H groups in total. The molecule has 0 radical (unpaired) electrons. The molecule has 1 aliphatic heterocycles. The third-order valence-electron chi connectivity index (χ3n) is 4.44. The van der Waals surface area contributed by atoms with Crippen molar-refractivity contribution in [3.8, 4) is 17.2 Å². The molecular weight excluding hydrogens is 387 g/mol. The number of likely N-dealkylation sites (N-methyl/N-ethyl adjacent to an activating group) is 1. The maximum Gasteiger partial charge on any atom is 0.203 e. The highest BCUT2D eigenvalue weighted by atomic mass is 35.5. The van der Waals surface area contributed by atoms with Crippen LogP contribution in [0.4, 0.5) is 0 Å². The second kappa shape index (κ2) is 10.0. The first kappa shape index (κ1) is 21.6. The van der Waals surface area contributed by atoms with Crippen LogP contribution in [0.15, 0.2) is 36.4 Å². The molecule has 2 aromatic carbocycles. The van der Waals surface area contributed by atoms with Crippen molar-refractivity contribution in [3.05, 3.63) is 52.5 Å². The summed E-state index contributed by atoms with van der Waals surface area (Å²) in [7, 11) is 5.76. The van der Waals surface area contributed by atoms with Crippen LogP contribution in [0, 0.1) is 0 Å². The van der Waals surface area contributed by atoms with E-state index >= 15 is 0 Å². The number of rotatable bonds is 7. The summed E-state index contributed by atoms with van der Waals surface area (Å²) in [5, 5.41) is 4.30. The standard InChI is InChI=1S/C20H25ClN2O3.ClH/c1-23(2)17(15-6-4-5-7-16(15)21)13-22-12-14-10-18(24-3)20-19(11-14)25-8-9-26-20;/h4-7,10-11,17,22H,8-9,12-13H2,1-3H3;1H. The number of hydrogen-bond donors (Lipinski definition) is 1. The summed E-state index contributed by atoms with van der Waals surface area (Å²) in [6.45, 7) is 2.57. The van der Waals surface area contributed by atoms with Crippen molar-refractivity contribution in [2.75, 3.05) is 41.0 Å². The number of nitrogens with one attached hydrogen (secondary N) is 1. The first-order valence-electron chi connectivity index (χ1n) is 8.68. The molecule has 148 valence electrons. The van der Waals surface area contributed by atoms with Gasteiger partial charge >= 0.3 is 0 Å². The van der Waals surface area contributed by atoms with Gasteiger partial charge in [0, 0.05) is 24.2 Å². The van der Waals surface area contributed by atoms with Gasteiger partial charge in [0.05, 0.1) is 7.11 Å². The Labute approximate surface area is 172 Å². The summed E-state index contributed by atoms with van der Waals surface area (Å²) < 4.78 is 16.8. The monoisotopic (exact) mass is 412 g/mol. The Balaban J connectivity index is 0.00000261. The van der Waals surface area contributed by atoms with E-state index in [4.69, 9.17) is 25.8 Å². The molecule has 2 aromatic rings. The molecule has 0 bridgehead atoms. The van der Waals surface area contributed by atoms with Crippen LogP contribution in [-0.4, -0.2) is 45.9 Å². The van der Waals surface area contributed by atoms with Gasteiger partial charge in [-0.1, -0.05) is 29.8 Å². The first-order chi connectivity index (χ1) is 12.6. The molecular formula is C20H26Cl2N2O3. The zero-order chi connectivity index (χ0) is 18.5. The lowest BCUT2D eigenvalue weighted by Crippen LogP contribution is -2.31. The maximum absolute atomic E-state index is 6.38. The summed E-state index contributed by atoms with van der Waals surface area (Å²) in [6.07, 6.45) is 0. The molecule has 0 fully saturated rings. The number of hydrogen-bond acceptors (Lipinski definition) is 5. The zero-order valence-electron chi connectivity index (χ0n) is 15.8. The summed E-state index contributed by atoms with van der Waals surface area (Å²) in [6, 6.07) is 12.1. The van der Waals surface area contributed by atoms with E-state index in [0.717, 1.165) is 28.4 Å². The lowest BCUT2D eigenvalue weighted by molar-refractivity contribution is 0.165. The number of halogens is 2. The summed E-state index contributed by atoms with van der Waals surface area (Å²) in [5.41, 5.74) is 2.20. The molecule has 1 heterocycles. The van der Waals surface area contributed by atoms with Gasteiger partial charge in [-0.25, -0.2) is 0 Å². The van der Waals surface area contributed by atoms with Gasteiger partial charge in [-0.2, -0.15) is 0 Å². The van der Waals surface area contributed by atoms with Crippen molar-refractivity contribution < 1.29 is 14.2 Å². The third-order valence-corrected chi connectivity index (χ3v) is 4.79. The normalized spacial score (nSPS) is 13.8. The average Bonchev–Trinajstić information content (AvgIpc) is 2.65. The Morgan fingerprint density at radius 1 is 1.19 bits per heavy atom. The second-order valence-corrected chi connectivity index (χ2v) is 6.86. The Hall–Kier alpha value is -1.66. The number of ether oxygens (including phenoxy) is 3. The fourth-order valence-electron chi connectivity index (χ4n) is 3.10. The SMILES string of the molecule is COc1cc(CNCC(c2ccccc2Cl)N(C)C)cc2c1OCCO2.Cl. The second-order valence-electron chi connectivity index (χ2n) is 6.45. The van der Waals surface area contributed by atoms with Crippen molar-refractivity contribution >= 4 is 24.0 Å². The van der Waals surface area contributed by atoms with Crippen LogP contribution >= 0.6 is 24.0 Å². The van der Waals surface area contributed by atoms with Crippen LogP contribution in [0.25, 0.3) is 0 Å². The van der Waals surface area contributed by atoms with Gasteiger partial charge in [0.2, 0.25) is 5.75 Å². The maximum atomic E-state index is 6.38. The highest BCUT2D eigenvalue weighted by Gasteiger charge is 2.19. The van der Waals surface area contributed by atoms with Crippen molar-refractivity contribution in [2.24, 2.45) is 0 Å². The molecule has 0 aromatic heterocycles. The van der Waals surface area contributed by atoms with Crippen molar-refractivity contribution in [1.82, 2.24) is 10.2 Å². The third kappa shape index (κ3) is 5.20. The highest BCUT2D eigenvalue weighted by Crippen LogP contribution is 2.40. The minimum absolute atomic E-state index is 0. The molecule has 27 heavy (non-hydrogen) atoms. The topological polar surface area (TPSA) is 43.0 Å². The van der Waals surface area contributed by atoms with Gasteiger partial charge in [0.25, 0.3) is 0 Å². The summed E-state index contributed by atoms with van der Waals surface area (Å²) >= 11 is 6.38. The molecule has 1 atom stereocenters. The van der Waals surface area contributed by atoms with E-state index in [1.165, 1.54) is 0 Å². The Morgan fingerprint density at radius 3 is 2.63 bits per heavy atom. The van der Waals surface area contributed by atoms with Crippen molar-refractivity contribution in [3.63, 3.8) is 0 Å². The lowest BCUT2D eigenvalue weighted by atomic mass is 10.1. The number of fused-ring (bicyclic) bond motifs is 1. The van der Waals surface area contributed by atoms with Gasteiger partial charge < -0.3 is 24.4 Å². The molecule has 1 aliphatic rings. The van der Waals surface area contributed by atoms with Crippen molar-refractivity contribution in [1.29, 1.82) is 0 Å². The molecule has 0 aliphatic carbocycles. The van der Waals surface area contributed by atoms with Crippen LogP contribution < -0.4 is 19.5 Å². The largest absolute Gasteiger partial charge is 0.493 e. The zero-order valence-corrected chi connectivity index (χ0v) is 17.4. The van der Waals surface area contributed by atoms with E-state index in [9.17, 15) is 0 Å². The predicted molar refractivity (Wildman–Crippen MR) is 111 cm³/mol. The Morgan fingerprint density at radius 2 is 1.93 bits per heavy atom. The molecule has 0 spiro atoms. The number of nitrogens with zero attached hydrogens (tertiary/aromatic N) is 1. The van der Waals surface area contributed by atoms with Crippen LogP contribution in [0.2, 0.25) is 5.02 Å². The van der Waals surface area contributed by atoms with E-state index in [-0.39, 0.29) is 18.4 Å². The predicted octanol–water partition coefficient (Wildman–Crippen LogP) is 3.93. The van der Waals surface area contributed by atoms with Crippen molar-refractivity contribution in [2.45, 2.75) is 12.6 Å². The lowest BCUT2D eigenvalue weighted by Gasteiger charge is -2.26. The van der Waals surface area contributed by atoms with E-state index < -0.39 is 0 Å². The molecule has 1 unspecified atom stereocenters. The van der Waals surface area contributed by atoms with Crippen LogP contribution in [-0.2, 0) is 6.54 Å². The van der Waals surface area contributed by atoms with Gasteiger partial charge in [-0.15, -0.1) is 12.4 Å². The van der Waals surface area contributed by atoms with Gasteiger partial charge in [-0.05, 0) is 43.4 Å². The fraction of sp³-hybridized carbons (Fsp3) is 0.400. The van der Waals surface area contributed by atoms with Crippen LogP contribution in [0.1, 0.15) is 17.2 Å². The van der Waals surface area contributed by atoms with E-state index in [1.54, 1.807) is 7.11 Å². The molecule has 0 saturated carbocycles. The number of methoxy groups -OCH3 is 1. The summed E-state index contributed by atoms with van der Waals surface area (Å²) in [4.78, 5) is 2.17. The van der Waals surface area contributed by atoms with E-state index in [2.05, 4.69) is 30.4 Å². The molecule has 0 amide bonds. The van der Waals surface area contributed by atoms with E-state index in [1.807, 2.05) is 30.3 Å². The van der Waals surface area contributed by atoms with Gasteiger partial charge in [0.1, 0.15) is 13.2 Å². The van der Waals surface area contributed by atoms with E-state index in [0.29, 0.717) is 31.3 Å². The molecule has 0 saturated heterocycles. The summed E-state index contributed by atoms with van der Waals surface area (Å²) in [5.74, 6) is 2.13. The Kier molecular flexibility index (Phi) is 8.05.